The number of hydrogen-bond acceptors (Lipinski definition) is 5. The number of thiazole rings is 1. The van der Waals surface area contributed by atoms with Gasteiger partial charge in [-0.15, -0.1) is 11.3 Å². The van der Waals surface area contributed by atoms with E-state index in [1.165, 1.54) is 18.2 Å². The number of para-hydroxylation sites is 1. The molecule has 0 fully saturated rings. The largest absolute Gasteiger partial charge is 0.504 e. The molecular formula is C14H16N2O3S. The number of rotatable bonds is 4. The monoisotopic (exact) mass is 292 g/mol. The molecule has 1 heterocycles. The summed E-state index contributed by atoms with van der Waals surface area (Å²) in [6, 6.07) is 4.30. The van der Waals surface area contributed by atoms with Gasteiger partial charge in [0.25, 0.3) is 5.91 Å². The van der Waals surface area contributed by atoms with Crippen LogP contribution in [0.2, 0.25) is 0 Å². The summed E-state index contributed by atoms with van der Waals surface area (Å²) in [5.74, 6) is -1.03. The number of aryl methyl sites for hydroxylation is 1. The Kier molecular flexibility index (Phi) is 4.24. The van der Waals surface area contributed by atoms with E-state index in [1.54, 1.807) is 11.3 Å². The third-order valence-corrected chi connectivity index (χ3v) is 4.08. The van der Waals surface area contributed by atoms with Crippen LogP contribution in [0.3, 0.4) is 0 Å². The first kappa shape index (κ1) is 14.3. The van der Waals surface area contributed by atoms with Gasteiger partial charge in [0.1, 0.15) is 0 Å². The third-order valence-electron chi connectivity index (χ3n) is 2.89. The number of carbonyl (C=O) groups is 1. The highest BCUT2D eigenvalue weighted by Gasteiger charge is 2.16. The highest BCUT2D eigenvalue weighted by Crippen LogP contribution is 2.28. The molecule has 0 unspecified atom stereocenters. The zero-order valence-corrected chi connectivity index (χ0v) is 12.1. The minimum Gasteiger partial charge on any atom is -0.504 e. The molecule has 2 rings (SSSR count). The predicted octanol–water partition coefficient (Wildman–Crippen LogP) is 2.40. The third kappa shape index (κ3) is 3.08. The van der Waals surface area contributed by atoms with Crippen molar-refractivity contribution in [2.45, 2.75) is 19.8 Å². The second-order valence-corrected chi connectivity index (χ2v) is 5.50. The van der Waals surface area contributed by atoms with Gasteiger partial charge in [0, 0.05) is 23.5 Å². The number of hydrogen-bond donors (Lipinski definition) is 3. The quantitative estimate of drug-likeness (QED) is 0.756. The van der Waals surface area contributed by atoms with Crippen molar-refractivity contribution in [3.05, 3.63) is 39.8 Å². The lowest BCUT2D eigenvalue weighted by molar-refractivity contribution is 0.0948. The Labute approximate surface area is 120 Å². The molecule has 3 N–H and O–H groups in total. The van der Waals surface area contributed by atoms with Crippen LogP contribution in [0.1, 0.15) is 33.9 Å². The van der Waals surface area contributed by atoms with Crippen LogP contribution in [0.15, 0.2) is 23.6 Å². The maximum absolute atomic E-state index is 12.0. The molecule has 5 nitrogen and oxygen atoms in total. The summed E-state index contributed by atoms with van der Waals surface area (Å²) in [5.41, 5.74) is 1.03. The van der Waals surface area contributed by atoms with Crippen LogP contribution in [-0.4, -0.2) is 27.6 Å². The second-order valence-electron chi connectivity index (χ2n) is 4.61. The Balaban J connectivity index is 2.00. The molecule has 0 aliphatic carbocycles. The first-order chi connectivity index (χ1) is 9.49. The smallest absolute Gasteiger partial charge is 0.255 e. The highest BCUT2D eigenvalue weighted by molar-refractivity contribution is 7.09. The number of nitrogens with zero attached hydrogens (tertiary/aromatic N) is 1. The van der Waals surface area contributed by atoms with E-state index in [9.17, 15) is 15.0 Å². The molecule has 1 aromatic carbocycles. The zero-order chi connectivity index (χ0) is 14.7. The van der Waals surface area contributed by atoms with E-state index in [0.29, 0.717) is 6.54 Å². The van der Waals surface area contributed by atoms with Crippen LogP contribution < -0.4 is 5.32 Å². The Morgan fingerprint density at radius 1 is 1.45 bits per heavy atom. The summed E-state index contributed by atoms with van der Waals surface area (Å²) < 4.78 is 0. The van der Waals surface area contributed by atoms with Gasteiger partial charge in [0.05, 0.1) is 10.6 Å². The van der Waals surface area contributed by atoms with Gasteiger partial charge < -0.3 is 15.5 Å². The lowest BCUT2D eigenvalue weighted by atomic mass is 10.1. The van der Waals surface area contributed by atoms with Gasteiger partial charge in [-0.05, 0) is 19.1 Å². The Bertz CT molecular complexity index is 625. The van der Waals surface area contributed by atoms with Crippen LogP contribution in [0, 0.1) is 6.92 Å². The normalized spacial score (nSPS) is 12.1. The predicted molar refractivity (Wildman–Crippen MR) is 77.4 cm³/mol. The van der Waals surface area contributed by atoms with Crippen LogP contribution in [0.5, 0.6) is 11.5 Å². The molecule has 1 atom stereocenters. The molecule has 1 amide bonds. The van der Waals surface area contributed by atoms with Gasteiger partial charge >= 0.3 is 0 Å². The summed E-state index contributed by atoms with van der Waals surface area (Å²) in [4.78, 5) is 16.3. The van der Waals surface area contributed by atoms with Crippen molar-refractivity contribution in [2.75, 3.05) is 6.54 Å². The van der Waals surface area contributed by atoms with E-state index in [4.69, 9.17) is 0 Å². The molecule has 0 saturated heterocycles. The number of amides is 1. The molecule has 0 radical (unpaired) electrons. The first-order valence-electron chi connectivity index (χ1n) is 6.20. The number of carbonyl (C=O) groups excluding carboxylic acids is 1. The fourth-order valence-corrected chi connectivity index (χ4v) is 2.60. The maximum atomic E-state index is 12.0. The van der Waals surface area contributed by atoms with Crippen LogP contribution in [0.4, 0.5) is 0 Å². The molecular weight excluding hydrogens is 276 g/mol. The van der Waals surface area contributed by atoms with Crippen LogP contribution in [0.25, 0.3) is 0 Å². The van der Waals surface area contributed by atoms with Crippen molar-refractivity contribution >= 4 is 17.2 Å². The number of benzene rings is 1. The summed E-state index contributed by atoms with van der Waals surface area (Å²) in [6.45, 7) is 4.32. The summed E-state index contributed by atoms with van der Waals surface area (Å²) >= 11 is 1.56. The molecule has 2 aromatic rings. The Morgan fingerprint density at radius 2 is 2.20 bits per heavy atom. The number of phenols is 2. The standard InChI is InChI=1S/C14H16N2O3S/c1-8(14-16-9(2)7-20-14)6-15-13(19)10-4-3-5-11(17)12(10)18/h3-5,7-8,17-18H,6H2,1-2H3,(H,15,19)/t8-/m1/s1. The first-order valence-corrected chi connectivity index (χ1v) is 7.08. The van der Waals surface area contributed by atoms with Crippen LogP contribution in [-0.2, 0) is 0 Å². The van der Waals surface area contributed by atoms with Gasteiger partial charge in [-0.25, -0.2) is 4.98 Å². The number of aromatic nitrogens is 1. The lowest BCUT2D eigenvalue weighted by Crippen LogP contribution is -2.27. The highest BCUT2D eigenvalue weighted by atomic mass is 32.1. The molecule has 0 spiro atoms. The van der Waals surface area contributed by atoms with Crippen molar-refractivity contribution in [3.8, 4) is 11.5 Å². The minimum atomic E-state index is -0.418. The van der Waals surface area contributed by atoms with Crippen molar-refractivity contribution < 1.29 is 15.0 Å². The Hall–Kier alpha value is -2.08. The second kappa shape index (κ2) is 5.92. The average Bonchev–Trinajstić information content (AvgIpc) is 2.85. The fraction of sp³-hybridized carbons (Fsp3) is 0.286. The Morgan fingerprint density at radius 3 is 2.85 bits per heavy atom. The van der Waals surface area contributed by atoms with Crippen molar-refractivity contribution in [2.24, 2.45) is 0 Å². The van der Waals surface area contributed by atoms with Gasteiger partial charge in [-0.1, -0.05) is 13.0 Å². The fourth-order valence-electron chi connectivity index (χ4n) is 1.74. The van der Waals surface area contributed by atoms with Crippen LogP contribution >= 0.6 is 11.3 Å². The van der Waals surface area contributed by atoms with E-state index in [-0.39, 0.29) is 17.2 Å². The van der Waals surface area contributed by atoms with Gasteiger partial charge in [0.2, 0.25) is 0 Å². The molecule has 106 valence electrons. The SMILES string of the molecule is Cc1csc([C@H](C)CNC(=O)c2cccc(O)c2O)n1. The average molecular weight is 292 g/mol. The minimum absolute atomic E-state index is 0.0625. The number of phenolic OH excluding ortho intramolecular Hbond substituents is 2. The summed E-state index contributed by atoms with van der Waals surface area (Å²) in [6.07, 6.45) is 0. The molecule has 0 aliphatic heterocycles. The van der Waals surface area contributed by atoms with Gasteiger partial charge in [-0.3, -0.25) is 4.79 Å². The maximum Gasteiger partial charge on any atom is 0.255 e. The van der Waals surface area contributed by atoms with E-state index in [2.05, 4.69) is 10.3 Å². The van der Waals surface area contributed by atoms with E-state index in [1.807, 2.05) is 19.2 Å². The number of nitrogens with one attached hydrogen (secondary N) is 1. The lowest BCUT2D eigenvalue weighted by Gasteiger charge is -2.11. The van der Waals surface area contributed by atoms with Crippen molar-refractivity contribution in [1.82, 2.24) is 10.3 Å². The summed E-state index contributed by atoms with van der Waals surface area (Å²) in [5, 5.41) is 24.7. The van der Waals surface area contributed by atoms with E-state index < -0.39 is 11.7 Å². The molecule has 20 heavy (non-hydrogen) atoms. The molecule has 0 bridgehead atoms. The van der Waals surface area contributed by atoms with E-state index >= 15 is 0 Å². The van der Waals surface area contributed by atoms with Gasteiger partial charge in [-0.2, -0.15) is 0 Å². The summed E-state index contributed by atoms with van der Waals surface area (Å²) in [7, 11) is 0. The van der Waals surface area contributed by atoms with Crippen molar-refractivity contribution in [1.29, 1.82) is 0 Å². The molecule has 1 aromatic heterocycles. The van der Waals surface area contributed by atoms with E-state index in [0.717, 1.165) is 10.7 Å². The molecule has 0 aliphatic rings. The topological polar surface area (TPSA) is 82.5 Å². The zero-order valence-electron chi connectivity index (χ0n) is 11.3. The molecule has 6 heteroatoms. The number of aromatic hydroxyl groups is 2. The van der Waals surface area contributed by atoms with Gasteiger partial charge in [0.15, 0.2) is 11.5 Å². The molecule has 0 saturated carbocycles. The van der Waals surface area contributed by atoms with Crippen molar-refractivity contribution in [3.63, 3.8) is 0 Å².